The predicted molar refractivity (Wildman–Crippen MR) is 80.3 cm³/mol. The molecule has 126 valence electrons. The first-order valence-corrected chi connectivity index (χ1v) is 7.50. The third-order valence-electron chi connectivity index (χ3n) is 3.44. The summed E-state index contributed by atoms with van der Waals surface area (Å²) in [4.78, 5) is 24.4. The monoisotopic (exact) mass is 348 g/mol. The van der Waals surface area contributed by atoms with Crippen LogP contribution in [0.2, 0.25) is 5.02 Å². The van der Waals surface area contributed by atoms with Gasteiger partial charge in [0.25, 0.3) is 0 Å². The molecule has 1 aromatic carbocycles. The number of carbonyl (C=O) groups is 2. The molecule has 1 aromatic rings. The van der Waals surface area contributed by atoms with Gasteiger partial charge >= 0.3 is 6.18 Å². The highest BCUT2D eigenvalue weighted by Crippen LogP contribution is 2.38. The molecule has 0 aliphatic heterocycles. The lowest BCUT2D eigenvalue weighted by Gasteiger charge is -2.25. The van der Waals surface area contributed by atoms with E-state index < -0.39 is 17.6 Å². The van der Waals surface area contributed by atoms with Crippen molar-refractivity contribution in [2.24, 2.45) is 0 Å². The predicted octanol–water partition coefficient (Wildman–Crippen LogP) is 3.38. The third kappa shape index (κ3) is 4.86. The fraction of sp³-hybridized carbons (Fsp3) is 0.467. The molecule has 0 spiro atoms. The van der Waals surface area contributed by atoms with Crippen molar-refractivity contribution in [3.8, 4) is 0 Å². The van der Waals surface area contributed by atoms with Gasteiger partial charge < -0.3 is 10.2 Å². The van der Waals surface area contributed by atoms with Crippen molar-refractivity contribution in [3.05, 3.63) is 28.8 Å². The van der Waals surface area contributed by atoms with Gasteiger partial charge in [-0.05, 0) is 31.0 Å². The van der Waals surface area contributed by atoms with Crippen molar-refractivity contribution in [1.29, 1.82) is 0 Å². The van der Waals surface area contributed by atoms with Gasteiger partial charge in [-0.15, -0.1) is 0 Å². The number of carbonyl (C=O) groups excluding carboxylic acids is 2. The van der Waals surface area contributed by atoms with E-state index >= 15 is 0 Å². The second-order valence-corrected chi connectivity index (χ2v) is 5.86. The fourth-order valence-electron chi connectivity index (χ4n) is 2.16. The highest BCUT2D eigenvalue weighted by molar-refractivity contribution is 6.30. The first kappa shape index (κ1) is 17.6. The number of anilines is 1. The zero-order chi connectivity index (χ0) is 17.2. The van der Waals surface area contributed by atoms with Crippen molar-refractivity contribution in [2.45, 2.75) is 38.4 Å². The average molecular weight is 349 g/mol. The molecule has 0 heterocycles. The van der Waals surface area contributed by atoms with Crippen LogP contribution in [0, 0.1) is 0 Å². The van der Waals surface area contributed by atoms with E-state index in [-0.39, 0.29) is 35.6 Å². The maximum atomic E-state index is 13.2. The summed E-state index contributed by atoms with van der Waals surface area (Å²) in [5.41, 5.74) is -1.29. The van der Waals surface area contributed by atoms with Gasteiger partial charge in [0.15, 0.2) is 0 Å². The first-order chi connectivity index (χ1) is 10.7. The van der Waals surface area contributed by atoms with E-state index in [0.717, 1.165) is 36.8 Å². The molecule has 1 fully saturated rings. The SMILES string of the molecule is CC(=O)N(CCC(=O)NC1CC1)c1ccc(Cl)cc1C(F)(F)F. The minimum atomic E-state index is -4.65. The van der Waals surface area contributed by atoms with Crippen molar-refractivity contribution >= 4 is 29.1 Å². The van der Waals surface area contributed by atoms with E-state index in [4.69, 9.17) is 11.6 Å². The molecule has 4 nitrogen and oxygen atoms in total. The van der Waals surface area contributed by atoms with Crippen LogP contribution in [0.5, 0.6) is 0 Å². The van der Waals surface area contributed by atoms with Crippen LogP contribution >= 0.6 is 11.6 Å². The molecule has 2 rings (SSSR count). The van der Waals surface area contributed by atoms with E-state index in [2.05, 4.69) is 5.32 Å². The van der Waals surface area contributed by atoms with Crippen LogP contribution in [0.3, 0.4) is 0 Å². The zero-order valence-electron chi connectivity index (χ0n) is 12.4. The van der Waals surface area contributed by atoms with Gasteiger partial charge in [-0.1, -0.05) is 11.6 Å². The molecule has 1 N–H and O–H groups in total. The zero-order valence-corrected chi connectivity index (χ0v) is 13.2. The molecule has 0 bridgehead atoms. The summed E-state index contributed by atoms with van der Waals surface area (Å²) >= 11 is 5.63. The topological polar surface area (TPSA) is 49.4 Å². The molecule has 0 aromatic heterocycles. The van der Waals surface area contributed by atoms with E-state index in [1.807, 2.05) is 0 Å². The van der Waals surface area contributed by atoms with Crippen LogP contribution < -0.4 is 10.2 Å². The van der Waals surface area contributed by atoms with E-state index in [1.165, 1.54) is 6.07 Å². The summed E-state index contributed by atoms with van der Waals surface area (Å²) in [6, 6.07) is 3.36. The molecule has 2 amide bonds. The Balaban J connectivity index is 2.19. The number of alkyl halides is 3. The van der Waals surface area contributed by atoms with Gasteiger partial charge in [-0.3, -0.25) is 9.59 Å². The van der Waals surface area contributed by atoms with Gasteiger partial charge in [-0.2, -0.15) is 13.2 Å². The second-order valence-electron chi connectivity index (χ2n) is 5.42. The van der Waals surface area contributed by atoms with Gasteiger partial charge in [0.1, 0.15) is 0 Å². The summed E-state index contributed by atoms with van der Waals surface area (Å²) in [5, 5.41) is 2.66. The fourth-order valence-corrected chi connectivity index (χ4v) is 2.33. The number of amides is 2. The molecule has 1 saturated carbocycles. The molecule has 1 aliphatic carbocycles. The lowest BCUT2D eigenvalue weighted by molar-refractivity contribution is -0.137. The highest BCUT2D eigenvalue weighted by Gasteiger charge is 2.36. The Morgan fingerprint density at radius 2 is 2.00 bits per heavy atom. The molecule has 1 aliphatic rings. The van der Waals surface area contributed by atoms with Crippen LogP contribution in [0.1, 0.15) is 31.7 Å². The third-order valence-corrected chi connectivity index (χ3v) is 3.67. The summed E-state index contributed by atoms with van der Waals surface area (Å²) in [6.07, 6.45) is -2.88. The van der Waals surface area contributed by atoms with Crippen molar-refractivity contribution in [3.63, 3.8) is 0 Å². The van der Waals surface area contributed by atoms with Crippen molar-refractivity contribution < 1.29 is 22.8 Å². The number of rotatable bonds is 5. The number of benzene rings is 1. The van der Waals surface area contributed by atoms with Crippen LogP contribution in [0.4, 0.5) is 18.9 Å². The Morgan fingerprint density at radius 3 is 2.52 bits per heavy atom. The normalized spacial score (nSPS) is 14.5. The first-order valence-electron chi connectivity index (χ1n) is 7.12. The maximum Gasteiger partial charge on any atom is 0.418 e. The van der Waals surface area contributed by atoms with Crippen LogP contribution in [-0.4, -0.2) is 24.4 Å². The number of nitrogens with one attached hydrogen (secondary N) is 1. The molecular weight excluding hydrogens is 333 g/mol. The van der Waals surface area contributed by atoms with Crippen molar-refractivity contribution in [1.82, 2.24) is 5.32 Å². The average Bonchev–Trinajstić information content (AvgIpc) is 3.22. The number of hydrogen-bond acceptors (Lipinski definition) is 2. The Morgan fingerprint density at radius 1 is 1.35 bits per heavy atom. The number of halogens is 4. The summed E-state index contributed by atoms with van der Waals surface area (Å²) in [7, 11) is 0. The maximum absolute atomic E-state index is 13.2. The van der Waals surface area contributed by atoms with E-state index in [1.54, 1.807) is 0 Å². The molecule has 8 heteroatoms. The molecule has 0 atom stereocenters. The molecule has 0 unspecified atom stereocenters. The molecule has 23 heavy (non-hydrogen) atoms. The van der Waals surface area contributed by atoms with Crippen LogP contribution in [-0.2, 0) is 15.8 Å². The van der Waals surface area contributed by atoms with E-state index in [0.29, 0.717) is 0 Å². The summed E-state index contributed by atoms with van der Waals surface area (Å²) in [5.74, 6) is -0.849. The van der Waals surface area contributed by atoms with Gasteiger partial charge in [0.2, 0.25) is 11.8 Å². The van der Waals surface area contributed by atoms with Gasteiger partial charge in [0.05, 0.1) is 11.3 Å². The quantitative estimate of drug-likeness (QED) is 0.886. The Bertz CT molecular complexity index is 615. The Kier molecular flexibility index (Phi) is 5.19. The number of hydrogen-bond donors (Lipinski definition) is 1. The standard InChI is InChI=1S/C15H16ClF3N2O2/c1-9(22)21(7-6-14(23)20-11-3-4-11)13-5-2-10(16)8-12(13)15(17,18)19/h2,5,8,11H,3-4,6-7H2,1H3,(H,20,23). The minimum absolute atomic E-state index is 0.0595. The van der Waals surface area contributed by atoms with Gasteiger partial charge in [0, 0.05) is 31.0 Å². The lowest BCUT2D eigenvalue weighted by Crippen LogP contribution is -2.35. The van der Waals surface area contributed by atoms with Crippen molar-refractivity contribution in [2.75, 3.05) is 11.4 Å². The molecule has 0 radical (unpaired) electrons. The highest BCUT2D eigenvalue weighted by atomic mass is 35.5. The molecular formula is C15H16ClF3N2O2. The lowest BCUT2D eigenvalue weighted by atomic mass is 10.1. The second kappa shape index (κ2) is 6.78. The number of nitrogens with zero attached hydrogens (tertiary/aromatic N) is 1. The van der Waals surface area contributed by atoms with Crippen LogP contribution in [0.15, 0.2) is 18.2 Å². The molecule has 0 saturated heterocycles. The van der Waals surface area contributed by atoms with E-state index in [9.17, 15) is 22.8 Å². The summed E-state index contributed by atoms with van der Waals surface area (Å²) in [6.45, 7) is 1.03. The minimum Gasteiger partial charge on any atom is -0.353 e. The smallest absolute Gasteiger partial charge is 0.353 e. The Hall–Kier alpha value is -1.76. The van der Waals surface area contributed by atoms with Crippen LogP contribution in [0.25, 0.3) is 0 Å². The Labute approximate surface area is 136 Å². The largest absolute Gasteiger partial charge is 0.418 e. The van der Waals surface area contributed by atoms with Gasteiger partial charge in [-0.25, -0.2) is 0 Å². The summed E-state index contributed by atoms with van der Waals surface area (Å²) < 4.78 is 39.5.